The first-order valence-electron chi connectivity index (χ1n) is 10.2. The number of hydrogen-bond acceptors (Lipinski definition) is 2. The smallest absolute Gasteiger partial charge is 0.158 e. The van der Waals surface area contributed by atoms with E-state index in [1.165, 1.54) is 50.2 Å². The molecule has 0 unspecified atom stereocenters. The topological polar surface area (TPSA) is 26.3 Å². The zero-order chi connectivity index (χ0) is 18.6. The maximum atomic E-state index is 11.2. The monoisotopic (exact) mass is 354 g/mol. The molecule has 1 saturated carbocycles. The largest absolute Gasteiger partial charge is 0.493 e. The standard InChI is InChI=1S/C24H34O2/c1-3-7-20-10-12-21(13-11-20)8-5-6-9-22-14-16-24(17-15-22)26-19-18-23(25)4-2/h4-5,8,14-17,20-21H,2-3,6-7,9-13,18-19H2,1H3. The van der Waals surface area contributed by atoms with Crippen molar-refractivity contribution in [2.45, 2.75) is 64.7 Å². The molecule has 0 aliphatic heterocycles. The van der Waals surface area contributed by atoms with Crippen LogP contribution in [0.3, 0.4) is 0 Å². The molecule has 0 bridgehead atoms. The number of ether oxygens (including phenoxy) is 1. The minimum absolute atomic E-state index is 0.0206. The highest BCUT2D eigenvalue weighted by molar-refractivity contribution is 5.89. The van der Waals surface area contributed by atoms with Gasteiger partial charge in [-0.3, -0.25) is 4.79 Å². The molecule has 0 heterocycles. The van der Waals surface area contributed by atoms with Gasteiger partial charge in [0.1, 0.15) is 5.75 Å². The Kier molecular flexibility index (Phi) is 9.23. The second kappa shape index (κ2) is 11.7. The molecule has 0 aromatic heterocycles. The zero-order valence-corrected chi connectivity index (χ0v) is 16.3. The molecule has 0 radical (unpaired) electrons. The quantitative estimate of drug-likeness (QED) is 0.344. The average molecular weight is 355 g/mol. The summed E-state index contributed by atoms with van der Waals surface area (Å²) in [5, 5.41) is 0. The van der Waals surface area contributed by atoms with E-state index < -0.39 is 0 Å². The number of hydrogen-bond donors (Lipinski definition) is 0. The molecule has 2 rings (SSSR count). The molecule has 26 heavy (non-hydrogen) atoms. The minimum Gasteiger partial charge on any atom is -0.493 e. The molecule has 1 aliphatic rings. The van der Waals surface area contributed by atoms with Gasteiger partial charge < -0.3 is 4.74 Å². The first kappa shape index (κ1) is 20.5. The Balaban J connectivity index is 1.63. The van der Waals surface area contributed by atoms with Crippen LogP contribution in [-0.4, -0.2) is 12.4 Å². The van der Waals surface area contributed by atoms with Crippen molar-refractivity contribution < 1.29 is 9.53 Å². The second-order valence-electron chi connectivity index (χ2n) is 7.45. The lowest BCUT2D eigenvalue weighted by molar-refractivity contribution is -0.115. The molecule has 0 saturated heterocycles. The van der Waals surface area contributed by atoms with Gasteiger partial charge in [-0.1, -0.05) is 50.6 Å². The SMILES string of the molecule is C=CC(=O)CCOc1ccc(CCC=CC2CCC(CCC)CC2)cc1. The van der Waals surface area contributed by atoms with E-state index in [4.69, 9.17) is 4.74 Å². The van der Waals surface area contributed by atoms with Crippen molar-refractivity contribution in [1.29, 1.82) is 0 Å². The molecule has 0 atom stereocenters. The van der Waals surface area contributed by atoms with Gasteiger partial charge in [0.15, 0.2) is 5.78 Å². The molecule has 1 aromatic rings. The molecule has 1 aliphatic carbocycles. The summed E-state index contributed by atoms with van der Waals surface area (Å²) in [6, 6.07) is 8.22. The normalized spacial score (nSPS) is 20.2. The van der Waals surface area contributed by atoms with Crippen LogP contribution in [0.15, 0.2) is 49.1 Å². The summed E-state index contributed by atoms with van der Waals surface area (Å²) in [4.78, 5) is 11.2. The summed E-state index contributed by atoms with van der Waals surface area (Å²) < 4.78 is 5.58. The number of rotatable bonds is 11. The highest BCUT2D eigenvalue weighted by Crippen LogP contribution is 2.32. The van der Waals surface area contributed by atoms with Gasteiger partial charge in [-0.2, -0.15) is 0 Å². The maximum absolute atomic E-state index is 11.2. The van der Waals surface area contributed by atoms with Crippen LogP contribution in [0, 0.1) is 11.8 Å². The fourth-order valence-corrected chi connectivity index (χ4v) is 3.74. The molecule has 2 heteroatoms. The molecular formula is C24H34O2. The summed E-state index contributed by atoms with van der Waals surface area (Å²) in [5.74, 6) is 2.63. The van der Waals surface area contributed by atoms with Gasteiger partial charge in [-0.05, 0) is 74.1 Å². The summed E-state index contributed by atoms with van der Waals surface area (Å²) in [6.45, 7) is 6.17. The second-order valence-corrected chi connectivity index (χ2v) is 7.45. The molecule has 0 N–H and O–H groups in total. The predicted molar refractivity (Wildman–Crippen MR) is 110 cm³/mol. The first-order chi connectivity index (χ1) is 12.7. The van der Waals surface area contributed by atoms with Crippen LogP contribution in [0.2, 0.25) is 0 Å². The number of carbonyl (C=O) groups excluding carboxylic acids is 1. The van der Waals surface area contributed by atoms with Gasteiger partial charge >= 0.3 is 0 Å². The number of carbonyl (C=O) groups is 1. The van der Waals surface area contributed by atoms with Gasteiger partial charge in [-0.25, -0.2) is 0 Å². The third-order valence-corrected chi connectivity index (χ3v) is 5.36. The van der Waals surface area contributed by atoms with Crippen molar-refractivity contribution in [3.8, 4) is 5.75 Å². The van der Waals surface area contributed by atoms with E-state index in [0.29, 0.717) is 13.0 Å². The summed E-state index contributed by atoms with van der Waals surface area (Å²) >= 11 is 0. The van der Waals surface area contributed by atoms with Crippen LogP contribution in [0.1, 0.15) is 63.9 Å². The van der Waals surface area contributed by atoms with Crippen LogP contribution < -0.4 is 4.74 Å². The number of allylic oxidation sites excluding steroid dienone is 3. The molecule has 1 aromatic carbocycles. The fraction of sp³-hybridized carbons (Fsp3) is 0.542. The molecule has 142 valence electrons. The maximum Gasteiger partial charge on any atom is 0.158 e. The Labute approximate surface area is 159 Å². The van der Waals surface area contributed by atoms with Crippen molar-refractivity contribution in [3.63, 3.8) is 0 Å². The van der Waals surface area contributed by atoms with Crippen LogP contribution >= 0.6 is 0 Å². The van der Waals surface area contributed by atoms with Gasteiger partial charge in [0.05, 0.1) is 6.61 Å². The van der Waals surface area contributed by atoms with Crippen LogP contribution in [0.5, 0.6) is 5.75 Å². The molecule has 2 nitrogen and oxygen atoms in total. The van der Waals surface area contributed by atoms with Crippen molar-refractivity contribution in [2.24, 2.45) is 11.8 Å². The third-order valence-electron chi connectivity index (χ3n) is 5.36. The Morgan fingerprint density at radius 3 is 2.58 bits per heavy atom. The van der Waals surface area contributed by atoms with Crippen LogP contribution in [-0.2, 0) is 11.2 Å². The number of ketones is 1. The van der Waals surface area contributed by atoms with Crippen molar-refractivity contribution in [3.05, 3.63) is 54.6 Å². The molecule has 0 amide bonds. The Morgan fingerprint density at radius 2 is 1.92 bits per heavy atom. The van der Waals surface area contributed by atoms with E-state index in [-0.39, 0.29) is 5.78 Å². The Bertz CT molecular complexity index is 562. The summed E-state index contributed by atoms with van der Waals surface area (Å²) in [6.07, 6.45) is 17.1. The first-order valence-corrected chi connectivity index (χ1v) is 10.2. The van der Waals surface area contributed by atoms with Crippen LogP contribution in [0.4, 0.5) is 0 Å². The van der Waals surface area contributed by atoms with E-state index in [1.54, 1.807) is 0 Å². The average Bonchev–Trinajstić information content (AvgIpc) is 2.67. The molecule has 1 fully saturated rings. The van der Waals surface area contributed by atoms with E-state index in [9.17, 15) is 4.79 Å². The lowest BCUT2D eigenvalue weighted by atomic mass is 9.80. The van der Waals surface area contributed by atoms with Gasteiger partial charge in [0.2, 0.25) is 0 Å². The van der Waals surface area contributed by atoms with Gasteiger partial charge in [-0.15, -0.1) is 0 Å². The predicted octanol–water partition coefficient (Wildman–Crippen LogP) is 6.31. The lowest BCUT2D eigenvalue weighted by Crippen LogP contribution is -2.12. The Hall–Kier alpha value is -1.83. The number of aryl methyl sites for hydroxylation is 1. The summed E-state index contributed by atoms with van der Waals surface area (Å²) in [7, 11) is 0. The highest BCUT2D eigenvalue weighted by atomic mass is 16.5. The highest BCUT2D eigenvalue weighted by Gasteiger charge is 2.18. The number of benzene rings is 1. The van der Waals surface area contributed by atoms with Crippen LogP contribution in [0.25, 0.3) is 0 Å². The van der Waals surface area contributed by atoms with E-state index >= 15 is 0 Å². The van der Waals surface area contributed by atoms with E-state index in [0.717, 1.165) is 30.4 Å². The minimum atomic E-state index is 0.0206. The zero-order valence-electron chi connectivity index (χ0n) is 16.3. The van der Waals surface area contributed by atoms with Crippen molar-refractivity contribution in [1.82, 2.24) is 0 Å². The van der Waals surface area contributed by atoms with Crippen molar-refractivity contribution >= 4 is 5.78 Å². The molecule has 0 spiro atoms. The van der Waals surface area contributed by atoms with E-state index in [1.807, 2.05) is 12.1 Å². The van der Waals surface area contributed by atoms with Gasteiger partial charge in [0, 0.05) is 6.42 Å². The lowest BCUT2D eigenvalue weighted by Gasteiger charge is -2.26. The summed E-state index contributed by atoms with van der Waals surface area (Å²) in [5.41, 5.74) is 1.33. The Morgan fingerprint density at radius 1 is 1.19 bits per heavy atom. The third kappa shape index (κ3) is 7.59. The molecular weight excluding hydrogens is 320 g/mol. The van der Waals surface area contributed by atoms with Gasteiger partial charge in [0.25, 0.3) is 0 Å². The van der Waals surface area contributed by atoms with E-state index in [2.05, 4.69) is 37.8 Å². The van der Waals surface area contributed by atoms with Crippen molar-refractivity contribution in [2.75, 3.05) is 6.61 Å². The fourth-order valence-electron chi connectivity index (χ4n) is 3.74.